The third-order valence-electron chi connectivity index (χ3n) is 3.04. The number of halogens is 1. The van der Waals surface area contributed by atoms with Crippen molar-refractivity contribution in [1.82, 2.24) is 9.38 Å². The van der Waals surface area contributed by atoms with Crippen LogP contribution in [0.15, 0.2) is 42.6 Å². The summed E-state index contributed by atoms with van der Waals surface area (Å²) in [5, 5.41) is 0. The van der Waals surface area contributed by atoms with E-state index in [0.29, 0.717) is 0 Å². The molecule has 0 aliphatic carbocycles. The quantitative estimate of drug-likeness (QED) is 0.633. The number of nitrogens with zero attached hydrogens (tertiary/aromatic N) is 2. The molecule has 3 aromatic rings. The normalized spacial score (nSPS) is 11.1. The molecule has 0 N–H and O–H groups in total. The molecule has 0 amide bonds. The van der Waals surface area contributed by atoms with Crippen LogP contribution in [0.4, 0.5) is 4.39 Å². The van der Waals surface area contributed by atoms with Crippen molar-refractivity contribution in [3.05, 3.63) is 59.7 Å². The minimum absolute atomic E-state index is 0.227. The van der Waals surface area contributed by atoms with Gasteiger partial charge in [-0.1, -0.05) is 18.2 Å². The maximum absolute atomic E-state index is 13.3. The van der Waals surface area contributed by atoms with Gasteiger partial charge in [0, 0.05) is 11.8 Å². The van der Waals surface area contributed by atoms with Crippen LogP contribution in [0.2, 0.25) is 0 Å². The van der Waals surface area contributed by atoms with Crippen LogP contribution in [0.1, 0.15) is 11.3 Å². The Bertz CT molecular complexity index is 728. The summed E-state index contributed by atoms with van der Waals surface area (Å²) in [4.78, 5) is 4.50. The van der Waals surface area contributed by atoms with Gasteiger partial charge in [0.25, 0.3) is 0 Å². The van der Waals surface area contributed by atoms with E-state index in [-0.39, 0.29) is 5.82 Å². The van der Waals surface area contributed by atoms with Gasteiger partial charge in [0.15, 0.2) is 0 Å². The maximum Gasteiger partial charge on any atom is 0.137 e. The molecule has 2 nitrogen and oxygen atoms in total. The molecule has 3 rings (SSSR count). The summed E-state index contributed by atoms with van der Waals surface area (Å²) in [6.07, 6.45) is 2.02. The lowest BCUT2D eigenvalue weighted by molar-refractivity contribution is 0.628. The molecule has 0 saturated carbocycles. The highest BCUT2D eigenvalue weighted by Crippen LogP contribution is 2.25. The molecule has 0 atom stereocenters. The number of rotatable bonds is 1. The molecule has 0 spiro atoms. The zero-order valence-electron chi connectivity index (χ0n) is 10.3. The lowest BCUT2D eigenvalue weighted by Gasteiger charge is -2.04. The van der Waals surface area contributed by atoms with Gasteiger partial charge in [-0.15, -0.1) is 0 Å². The second kappa shape index (κ2) is 3.95. The number of hydrogen-bond donors (Lipinski definition) is 0. The molecule has 90 valence electrons. The number of aromatic nitrogens is 2. The van der Waals surface area contributed by atoms with Crippen LogP contribution in [0.25, 0.3) is 16.9 Å². The van der Waals surface area contributed by atoms with E-state index in [9.17, 15) is 4.39 Å². The Morgan fingerprint density at radius 1 is 1.11 bits per heavy atom. The van der Waals surface area contributed by atoms with E-state index < -0.39 is 0 Å². The van der Waals surface area contributed by atoms with Crippen LogP contribution >= 0.6 is 0 Å². The first-order chi connectivity index (χ1) is 8.65. The number of aryl methyl sites for hydroxylation is 2. The van der Waals surface area contributed by atoms with Crippen molar-refractivity contribution in [3.8, 4) is 11.3 Å². The number of fused-ring (bicyclic) bond motifs is 1. The molecule has 0 unspecified atom stereocenters. The first kappa shape index (κ1) is 11.0. The van der Waals surface area contributed by atoms with Crippen LogP contribution in [0.3, 0.4) is 0 Å². The van der Waals surface area contributed by atoms with Crippen molar-refractivity contribution >= 4 is 5.65 Å². The zero-order chi connectivity index (χ0) is 12.7. The number of hydrogen-bond acceptors (Lipinski definition) is 1. The van der Waals surface area contributed by atoms with Crippen molar-refractivity contribution in [1.29, 1.82) is 0 Å². The number of imidazole rings is 1. The first-order valence-electron chi connectivity index (χ1n) is 5.86. The molecule has 3 heteroatoms. The van der Waals surface area contributed by atoms with Crippen molar-refractivity contribution in [3.63, 3.8) is 0 Å². The lowest BCUT2D eigenvalue weighted by Crippen LogP contribution is -1.90. The van der Waals surface area contributed by atoms with Crippen LogP contribution in [0, 0.1) is 19.7 Å². The van der Waals surface area contributed by atoms with Gasteiger partial charge in [-0.25, -0.2) is 9.37 Å². The molecule has 0 aliphatic rings. The highest BCUT2D eigenvalue weighted by atomic mass is 19.1. The Hall–Kier alpha value is -2.16. The monoisotopic (exact) mass is 240 g/mol. The highest BCUT2D eigenvalue weighted by molar-refractivity contribution is 5.67. The minimum Gasteiger partial charge on any atom is -0.299 e. The van der Waals surface area contributed by atoms with Crippen LogP contribution < -0.4 is 0 Å². The molecule has 0 radical (unpaired) electrons. The fourth-order valence-electron chi connectivity index (χ4n) is 2.25. The second-order valence-electron chi connectivity index (χ2n) is 4.49. The second-order valence-corrected chi connectivity index (χ2v) is 4.49. The molecule has 0 fully saturated rings. The van der Waals surface area contributed by atoms with E-state index in [4.69, 9.17) is 0 Å². The van der Waals surface area contributed by atoms with E-state index in [1.165, 1.54) is 6.07 Å². The molecular weight excluding hydrogens is 227 g/mol. The van der Waals surface area contributed by atoms with E-state index in [1.54, 1.807) is 12.1 Å². The summed E-state index contributed by atoms with van der Waals surface area (Å²) in [6.45, 7) is 3.98. The van der Waals surface area contributed by atoms with Crippen LogP contribution in [0.5, 0.6) is 0 Å². The maximum atomic E-state index is 13.3. The Morgan fingerprint density at radius 3 is 2.72 bits per heavy atom. The predicted molar refractivity (Wildman–Crippen MR) is 70.1 cm³/mol. The van der Waals surface area contributed by atoms with Gasteiger partial charge in [0.05, 0.1) is 11.4 Å². The number of pyridine rings is 1. The molecule has 2 aromatic heterocycles. The molecule has 0 bridgehead atoms. The average molecular weight is 240 g/mol. The van der Waals surface area contributed by atoms with E-state index in [1.807, 2.05) is 42.6 Å². The summed E-state index contributed by atoms with van der Waals surface area (Å²) in [7, 11) is 0. The van der Waals surface area contributed by atoms with E-state index >= 15 is 0 Å². The largest absolute Gasteiger partial charge is 0.299 e. The molecular formula is C15H13FN2. The van der Waals surface area contributed by atoms with E-state index in [0.717, 1.165) is 28.2 Å². The van der Waals surface area contributed by atoms with Crippen molar-refractivity contribution < 1.29 is 4.39 Å². The summed E-state index contributed by atoms with van der Waals surface area (Å²) in [6, 6.07) is 10.6. The Morgan fingerprint density at radius 2 is 1.94 bits per heavy atom. The van der Waals surface area contributed by atoms with Gasteiger partial charge in [-0.05, 0) is 37.6 Å². The SMILES string of the molecule is Cc1ccc2nc(C)c(-c3cccc(F)c3)n2c1. The summed E-state index contributed by atoms with van der Waals surface area (Å²) in [5.74, 6) is -0.227. The van der Waals surface area contributed by atoms with Gasteiger partial charge in [-0.3, -0.25) is 4.40 Å². The van der Waals surface area contributed by atoms with Crippen molar-refractivity contribution in [2.75, 3.05) is 0 Å². The fourth-order valence-corrected chi connectivity index (χ4v) is 2.25. The van der Waals surface area contributed by atoms with Gasteiger partial charge >= 0.3 is 0 Å². The standard InChI is InChI=1S/C15H13FN2/c1-10-6-7-14-17-11(2)15(18(14)9-10)12-4-3-5-13(16)8-12/h3-9H,1-2H3. The highest BCUT2D eigenvalue weighted by Gasteiger charge is 2.11. The van der Waals surface area contributed by atoms with Gasteiger partial charge in [0.1, 0.15) is 11.5 Å². The summed E-state index contributed by atoms with van der Waals surface area (Å²) in [5.41, 5.74) is 4.75. The Balaban J connectivity index is 2.34. The van der Waals surface area contributed by atoms with Gasteiger partial charge < -0.3 is 0 Å². The smallest absolute Gasteiger partial charge is 0.137 e. The van der Waals surface area contributed by atoms with Gasteiger partial charge in [-0.2, -0.15) is 0 Å². The zero-order valence-corrected chi connectivity index (χ0v) is 10.3. The lowest BCUT2D eigenvalue weighted by atomic mass is 10.1. The third kappa shape index (κ3) is 1.68. The van der Waals surface area contributed by atoms with Crippen molar-refractivity contribution in [2.24, 2.45) is 0 Å². The molecule has 1 aromatic carbocycles. The average Bonchev–Trinajstić information content (AvgIpc) is 2.64. The summed E-state index contributed by atoms with van der Waals surface area (Å²) >= 11 is 0. The predicted octanol–water partition coefficient (Wildman–Crippen LogP) is 3.76. The van der Waals surface area contributed by atoms with Crippen molar-refractivity contribution in [2.45, 2.75) is 13.8 Å². The molecule has 0 aliphatic heterocycles. The topological polar surface area (TPSA) is 17.3 Å². The minimum atomic E-state index is -0.227. The first-order valence-corrected chi connectivity index (χ1v) is 5.86. The summed E-state index contributed by atoms with van der Waals surface area (Å²) < 4.78 is 15.4. The molecule has 18 heavy (non-hydrogen) atoms. The van der Waals surface area contributed by atoms with Crippen LogP contribution in [-0.4, -0.2) is 9.38 Å². The fraction of sp³-hybridized carbons (Fsp3) is 0.133. The molecule has 0 saturated heterocycles. The Kier molecular flexibility index (Phi) is 2.40. The Labute approximate surface area is 105 Å². The third-order valence-corrected chi connectivity index (χ3v) is 3.04. The van der Waals surface area contributed by atoms with Crippen LogP contribution in [-0.2, 0) is 0 Å². The molecule has 2 heterocycles. The number of benzene rings is 1. The van der Waals surface area contributed by atoms with Gasteiger partial charge in [0.2, 0.25) is 0 Å². The van der Waals surface area contributed by atoms with E-state index in [2.05, 4.69) is 4.98 Å².